The number of nitrogens with zero attached hydrogens (tertiary/aromatic N) is 1. The van der Waals surface area contributed by atoms with Crippen molar-refractivity contribution < 1.29 is 4.79 Å². The molecule has 1 aromatic rings. The third-order valence-corrected chi connectivity index (χ3v) is 2.26. The molecular formula is C10H12ClNO2. The fraction of sp³-hybridized carbons (Fsp3) is 0.400. The van der Waals surface area contributed by atoms with Crippen LogP contribution in [0.2, 0.25) is 0 Å². The number of aromatic nitrogens is 1. The minimum Gasteiger partial charge on any atom is -0.312 e. The smallest absolute Gasteiger partial charge is 0.262 e. The van der Waals surface area contributed by atoms with Gasteiger partial charge in [0.15, 0.2) is 0 Å². The van der Waals surface area contributed by atoms with Gasteiger partial charge in [0, 0.05) is 12.2 Å². The van der Waals surface area contributed by atoms with Gasteiger partial charge in [0.05, 0.1) is 5.56 Å². The summed E-state index contributed by atoms with van der Waals surface area (Å²) in [6.07, 6.45) is 0.848. The van der Waals surface area contributed by atoms with E-state index in [0.717, 1.165) is 12.1 Å². The Balaban J connectivity index is 3.34. The van der Waals surface area contributed by atoms with Gasteiger partial charge < -0.3 is 4.57 Å². The van der Waals surface area contributed by atoms with Gasteiger partial charge in [-0.2, -0.15) is 0 Å². The molecule has 1 rings (SSSR count). The van der Waals surface area contributed by atoms with Crippen molar-refractivity contribution in [2.75, 3.05) is 0 Å². The van der Waals surface area contributed by atoms with Gasteiger partial charge in [-0.3, -0.25) is 9.59 Å². The van der Waals surface area contributed by atoms with Crippen LogP contribution in [-0.2, 0) is 6.54 Å². The monoisotopic (exact) mass is 213 g/mol. The summed E-state index contributed by atoms with van der Waals surface area (Å²) in [4.78, 5) is 22.6. The van der Waals surface area contributed by atoms with Crippen LogP contribution in [0.5, 0.6) is 0 Å². The molecule has 0 saturated carbocycles. The Morgan fingerprint density at radius 3 is 2.64 bits per heavy atom. The molecule has 0 fully saturated rings. The molecule has 0 aliphatic rings. The first-order chi connectivity index (χ1) is 6.57. The van der Waals surface area contributed by atoms with E-state index in [1.807, 2.05) is 13.8 Å². The molecule has 0 unspecified atom stereocenters. The molecule has 0 N–H and O–H groups in total. The van der Waals surface area contributed by atoms with E-state index >= 15 is 0 Å². The third kappa shape index (κ3) is 2.04. The molecule has 4 heteroatoms. The summed E-state index contributed by atoms with van der Waals surface area (Å²) < 4.78 is 1.57. The van der Waals surface area contributed by atoms with E-state index in [9.17, 15) is 9.59 Å². The second-order valence-corrected chi connectivity index (χ2v) is 3.46. The van der Waals surface area contributed by atoms with Crippen LogP contribution >= 0.6 is 11.6 Å². The Morgan fingerprint density at radius 1 is 1.50 bits per heavy atom. The number of pyridine rings is 1. The number of hydrogen-bond donors (Lipinski definition) is 0. The van der Waals surface area contributed by atoms with Gasteiger partial charge in [-0.15, -0.1) is 0 Å². The van der Waals surface area contributed by atoms with E-state index in [4.69, 9.17) is 11.6 Å². The summed E-state index contributed by atoms with van der Waals surface area (Å²) in [6, 6.07) is 3.20. The summed E-state index contributed by atoms with van der Waals surface area (Å²) in [5, 5.41) is -0.695. The SMILES string of the molecule is CCCn1c(C)ccc(C(=O)Cl)c1=O. The fourth-order valence-corrected chi connectivity index (χ4v) is 1.47. The largest absolute Gasteiger partial charge is 0.312 e. The van der Waals surface area contributed by atoms with Crippen LogP contribution in [0.3, 0.4) is 0 Å². The Morgan fingerprint density at radius 2 is 2.14 bits per heavy atom. The van der Waals surface area contributed by atoms with Crippen molar-refractivity contribution in [1.82, 2.24) is 4.57 Å². The molecule has 1 aromatic heterocycles. The number of rotatable bonds is 3. The summed E-state index contributed by atoms with van der Waals surface area (Å²) in [6.45, 7) is 4.42. The average molecular weight is 214 g/mol. The number of aryl methyl sites for hydroxylation is 1. The molecule has 0 radical (unpaired) electrons. The molecule has 0 saturated heterocycles. The Hall–Kier alpha value is -1.09. The first-order valence-electron chi connectivity index (χ1n) is 4.48. The van der Waals surface area contributed by atoms with Crippen LogP contribution in [0, 0.1) is 6.92 Å². The van der Waals surface area contributed by atoms with Crippen LogP contribution < -0.4 is 5.56 Å². The normalized spacial score (nSPS) is 10.2. The molecule has 0 amide bonds. The van der Waals surface area contributed by atoms with Crippen molar-refractivity contribution >= 4 is 16.8 Å². The predicted molar refractivity (Wildman–Crippen MR) is 55.9 cm³/mol. The second kappa shape index (κ2) is 4.42. The van der Waals surface area contributed by atoms with Gasteiger partial charge in [-0.25, -0.2) is 0 Å². The summed E-state index contributed by atoms with van der Waals surface area (Å²) in [5.41, 5.74) is 0.594. The van der Waals surface area contributed by atoms with Crippen molar-refractivity contribution in [2.45, 2.75) is 26.8 Å². The van der Waals surface area contributed by atoms with Gasteiger partial charge >= 0.3 is 0 Å². The number of carbonyl (C=O) groups excluding carboxylic acids is 1. The van der Waals surface area contributed by atoms with Crippen molar-refractivity contribution in [2.24, 2.45) is 0 Å². The highest BCUT2D eigenvalue weighted by atomic mass is 35.5. The minimum atomic E-state index is -0.695. The molecule has 1 heterocycles. The van der Waals surface area contributed by atoms with Crippen LogP contribution in [0.15, 0.2) is 16.9 Å². The van der Waals surface area contributed by atoms with Crippen molar-refractivity contribution in [3.63, 3.8) is 0 Å². The lowest BCUT2D eigenvalue weighted by molar-refractivity contribution is 0.107. The molecule has 76 valence electrons. The van der Waals surface area contributed by atoms with Gasteiger partial charge in [-0.05, 0) is 37.1 Å². The number of hydrogen-bond acceptors (Lipinski definition) is 2. The Labute approximate surface area is 87.3 Å². The quantitative estimate of drug-likeness (QED) is 0.720. The van der Waals surface area contributed by atoms with Crippen molar-refractivity contribution in [3.05, 3.63) is 33.7 Å². The lowest BCUT2D eigenvalue weighted by Gasteiger charge is -2.08. The third-order valence-electron chi connectivity index (χ3n) is 2.05. The molecule has 0 atom stereocenters. The minimum absolute atomic E-state index is 0.0470. The zero-order valence-electron chi connectivity index (χ0n) is 8.21. The maximum atomic E-state index is 11.7. The van der Waals surface area contributed by atoms with Gasteiger partial charge in [0.2, 0.25) is 0 Å². The van der Waals surface area contributed by atoms with Crippen LogP contribution in [0.25, 0.3) is 0 Å². The average Bonchev–Trinajstić information content (AvgIpc) is 2.11. The molecule has 0 bridgehead atoms. The first kappa shape index (κ1) is 11.0. The molecule has 0 spiro atoms. The van der Waals surface area contributed by atoms with Gasteiger partial charge in [0.25, 0.3) is 10.8 Å². The number of carbonyl (C=O) groups is 1. The van der Waals surface area contributed by atoms with Crippen LogP contribution in [0.1, 0.15) is 29.4 Å². The molecular weight excluding hydrogens is 202 g/mol. The molecule has 0 aliphatic heterocycles. The molecule has 0 aromatic carbocycles. The Bertz CT molecular complexity index is 409. The molecule has 3 nitrogen and oxygen atoms in total. The van der Waals surface area contributed by atoms with E-state index < -0.39 is 5.24 Å². The standard InChI is InChI=1S/C10H12ClNO2/c1-3-6-12-7(2)4-5-8(9(11)13)10(12)14/h4-5H,3,6H2,1-2H3. The lowest BCUT2D eigenvalue weighted by Crippen LogP contribution is -2.26. The summed E-state index contributed by atoms with van der Waals surface area (Å²) >= 11 is 5.28. The van der Waals surface area contributed by atoms with E-state index in [0.29, 0.717) is 6.54 Å². The van der Waals surface area contributed by atoms with E-state index in [2.05, 4.69) is 0 Å². The highest BCUT2D eigenvalue weighted by Gasteiger charge is 2.10. The van der Waals surface area contributed by atoms with E-state index in [1.54, 1.807) is 10.6 Å². The lowest BCUT2D eigenvalue weighted by atomic mass is 10.2. The van der Waals surface area contributed by atoms with E-state index in [-0.39, 0.29) is 11.1 Å². The van der Waals surface area contributed by atoms with Crippen LogP contribution in [-0.4, -0.2) is 9.81 Å². The van der Waals surface area contributed by atoms with Gasteiger partial charge in [-0.1, -0.05) is 6.92 Å². The fourth-order valence-electron chi connectivity index (χ4n) is 1.32. The Kier molecular flexibility index (Phi) is 3.47. The van der Waals surface area contributed by atoms with Crippen molar-refractivity contribution in [3.8, 4) is 0 Å². The summed E-state index contributed by atoms with van der Waals surface area (Å²) in [5.74, 6) is 0. The molecule has 0 aliphatic carbocycles. The highest BCUT2D eigenvalue weighted by Crippen LogP contribution is 2.02. The highest BCUT2D eigenvalue weighted by molar-refractivity contribution is 6.67. The van der Waals surface area contributed by atoms with Crippen LogP contribution in [0.4, 0.5) is 0 Å². The summed E-state index contributed by atoms with van der Waals surface area (Å²) in [7, 11) is 0. The first-order valence-corrected chi connectivity index (χ1v) is 4.86. The topological polar surface area (TPSA) is 39.1 Å². The zero-order chi connectivity index (χ0) is 10.7. The van der Waals surface area contributed by atoms with E-state index in [1.165, 1.54) is 6.07 Å². The zero-order valence-corrected chi connectivity index (χ0v) is 8.97. The maximum Gasteiger partial charge on any atom is 0.262 e. The van der Waals surface area contributed by atoms with Crippen molar-refractivity contribution in [1.29, 1.82) is 0 Å². The maximum absolute atomic E-state index is 11.7. The number of halogens is 1. The molecule has 14 heavy (non-hydrogen) atoms. The van der Waals surface area contributed by atoms with Gasteiger partial charge in [0.1, 0.15) is 0 Å². The predicted octanol–water partition coefficient (Wildman–Crippen LogP) is 1.95. The second-order valence-electron chi connectivity index (χ2n) is 3.12.